The second-order valence-corrected chi connectivity index (χ2v) is 12.6. The fourth-order valence-corrected chi connectivity index (χ4v) is 5.01. The Morgan fingerprint density at radius 1 is 0.696 bits per heavy atom. The van der Waals surface area contributed by atoms with E-state index >= 15 is 0 Å². The zero-order valence-corrected chi connectivity index (χ0v) is 29.4. The second kappa shape index (κ2) is 29.9. The minimum atomic E-state index is -0.815. The summed E-state index contributed by atoms with van der Waals surface area (Å²) in [5.41, 5.74) is 0. The van der Waals surface area contributed by atoms with Crippen molar-refractivity contribution in [2.45, 2.75) is 161 Å². The Morgan fingerprint density at radius 3 is 1.83 bits per heavy atom. The third kappa shape index (κ3) is 25.7. The SMILES string of the molecule is CC/C=C\CC1OC1C/C=C\C/C=C\C/C=C\C/C=C\CCC(=O)O[C@@H](CO)COC(=O)CCCCCCCCCCC(C)CC. The highest BCUT2D eigenvalue weighted by Gasteiger charge is 2.35. The molecule has 1 aliphatic rings. The quantitative estimate of drug-likeness (QED) is 0.0363. The average Bonchev–Trinajstić information content (AvgIpc) is 3.81. The molecule has 0 aromatic carbocycles. The van der Waals surface area contributed by atoms with E-state index in [2.05, 4.69) is 69.4 Å². The lowest BCUT2D eigenvalue weighted by Crippen LogP contribution is -2.28. The van der Waals surface area contributed by atoms with Crippen molar-refractivity contribution in [3.05, 3.63) is 60.8 Å². The van der Waals surface area contributed by atoms with Crippen molar-refractivity contribution in [1.82, 2.24) is 0 Å². The predicted octanol–water partition coefficient (Wildman–Crippen LogP) is 10.1. The van der Waals surface area contributed by atoms with Gasteiger partial charge in [-0.15, -0.1) is 0 Å². The molecule has 0 spiro atoms. The maximum Gasteiger partial charge on any atom is 0.306 e. The highest BCUT2D eigenvalue weighted by atomic mass is 16.6. The van der Waals surface area contributed by atoms with Crippen LogP contribution in [0.15, 0.2) is 60.8 Å². The summed E-state index contributed by atoms with van der Waals surface area (Å²) < 4.78 is 16.2. The van der Waals surface area contributed by atoms with Crippen LogP contribution in [0, 0.1) is 5.92 Å². The van der Waals surface area contributed by atoms with Gasteiger partial charge in [-0.25, -0.2) is 0 Å². The lowest BCUT2D eigenvalue weighted by molar-refractivity contribution is -0.161. The molecule has 0 radical (unpaired) electrons. The van der Waals surface area contributed by atoms with Crippen LogP contribution in [0.2, 0.25) is 0 Å². The van der Waals surface area contributed by atoms with E-state index < -0.39 is 12.1 Å². The maximum absolute atomic E-state index is 12.1. The Kier molecular flexibility index (Phi) is 27.1. The van der Waals surface area contributed by atoms with E-state index in [0.717, 1.165) is 63.7 Å². The first-order valence-corrected chi connectivity index (χ1v) is 18.4. The summed E-state index contributed by atoms with van der Waals surface area (Å²) in [5.74, 6) is 0.150. The molecule has 1 aliphatic heterocycles. The fourth-order valence-electron chi connectivity index (χ4n) is 5.01. The van der Waals surface area contributed by atoms with Crippen LogP contribution in [-0.4, -0.2) is 48.6 Å². The van der Waals surface area contributed by atoms with E-state index in [1.807, 2.05) is 12.2 Å². The molecule has 0 aromatic rings. The molecule has 3 unspecified atom stereocenters. The molecule has 1 fully saturated rings. The van der Waals surface area contributed by atoms with Crippen LogP contribution in [-0.2, 0) is 23.8 Å². The first-order valence-electron chi connectivity index (χ1n) is 18.4. The molecule has 0 amide bonds. The number of epoxide rings is 1. The van der Waals surface area contributed by atoms with Gasteiger partial charge in [0.25, 0.3) is 0 Å². The molecule has 0 bridgehead atoms. The third-order valence-corrected chi connectivity index (χ3v) is 8.28. The zero-order valence-electron chi connectivity index (χ0n) is 29.4. The van der Waals surface area contributed by atoms with Gasteiger partial charge < -0.3 is 19.3 Å². The zero-order chi connectivity index (χ0) is 33.5. The average molecular weight is 643 g/mol. The van der Waals surface area contributed by atoms with E-state index in [-0.39, 0.29) is 25.6 Å². The number of esters is 2. The monoisotopic (exact) mass is 642 g/mol. The molecule has 0 saturated carbocycles. The normalized spacial score (nSPS) is 18.0. The number of aliphatic hydroxyl groups is 1. The number of allylic oxidation sites excluding steroid dienone is 8. The van der Waals surface area contributed by atoms with Crippen LogP contribution >= 0.6 is 0 Å². The van der Waals surface area contributed by atoms with Crippen molar-refractivity contribution in [2.24, 2.45) is 5.92 Å². The summed E-state index contributed by atoms with van der Waals surface area (Å²) >= 11 is 0. The molecule has 1 N–H and O–H groups in total. The van der Waals surface area contributed by atoms with Gasteiger partial charge in [-0.2, -0.15) is 0 Å². The molecule has 6 nitrogen and oxygen atoms in total. The molecule has 1 rings (SSSR count). The predicted molar refractivity (Wildman–Crippen MR) is 191 cm³/mol. The minimum Gasteiger partial charge on any atom is -0.462 e. The van der Waals surface area contributed by atoms with Crippen molar-refractivity contribution in [1.29, 1.82) is 0 Å². The molecule has 4 atom stereocenters. The van der Waals surface area contributed by atoms with Gasteiger partial charge in [0.1, 0.15) is 6.61 Å². The first kappa shape index (κ1) is 41.6. The minimum absolute atomic E-state index is 0.101. The van der Waals surface area contributed by atoms with Crippen LogP contribution in [0.25, 0.3) is 0 Å². The number of hydrogen-bond acceptors (Lipinski definition) is 6. The van der Waals surface area contributed by atoms with E-state index in [1.54, 1.807) is 0 Å². The Bertz CT molecular complexity index is 901. The molecular weight excluding hydrogens is 576 g/mol. The number of carbonyl (C=O) groups is 2. The molecular formula is C40H66O6. The smallest absolute Gasteiger partial charge is 0.306 e. The lowest BCUT2D eigenvalue weighted by atomic mass is 9.99. The summed E-state index contributed by atoms with van der Waals surface area (Å²) in [4.78, 5) is 24.2. The van der Waals surface area contributed by atoms with Gasteiger partial charge in [-0.05, 0) is 57.3 Å². The van der Waals surface area contributed by atoms with Crippen molar-refractivity contribution in [3.8, 4) is 0 Å². The van der Waals surface area contributed by atoms with Gasteiger partial charge in [-0.3, -0.25) is 9.59 Å². The van der Waals surface area contributed by atoms with E-state index in [4.69, 9.17) is 14.2 Å². The van der Waals surface area contributed by atoms with Crippen LogP contribution in [0.1, 0.15) is 143 Å². The van der Waals surface area contributed by atoms with Gasteiger partial charge in [0.2, 0.25) is 0 Å². The van der Waals surface area contributed by atoms with Gasteiger partial charge in [0.15, 0.2) is 6.10 Å². The number of aliphatic hydroxyl groups excluding tert-OH is 1. The topological polar surface area (TPSA) is 85.4 Å². The first-order chi connectivity index (χ1) is 22.5. The van der Waals surface area contributed by atoms with E-state index in [0.29, 0.717) is 25.0 Å². The molecule has 6 heteroatoms. The van der Waals surface area contributed by atoms with E-state index in [9.17, 15) is 14.7 Å². The van der Waals surface area contributed by atoms with Crippen LogP contribution in [0.3, 0.4) is 0 Å². The number of hydrogen-bond donors (Lipinski definition) is 1. The summed E-state index contributed by atoms with van der Waals surface area (Å²) in [5, 5.41) is 9.52. The summed E-state index contributed by atoms with van der Waals surface area (Å²) in [6, 6.07) is 0. The molecule has 1 saturated heterocycles. The lowest BCUT2D eigenvalue weighted by Gasteiger charge is -2.15. The molecule has 262 valence electrons. The Balaban J connectivity index is 1.97. The highest BCUT2D eigenvalue weighted by molar-refractivity contribution is 5.70. The number of carbonyl (C=O) groups excluding carboxylic acids is 2. The number of unbranched alkanes of at least 4 members (excludes halogenated alkanes) is 7. The van der Waals surface area contributed by atoms with Crippen molar-refractivity contribution < 1.29 is 28.9 Å². The summed E-state index contributed by atoms with van der Waals surface area (Å²) in [6.07, 6.45) is 40.4. The largest absolute Gasteiger partial charge is 0.462 e. The highest BCUT2D eigenvalue weighted by Crippen LogP contribution is 2.29. The number of rotatable bonds is 30. The second-order valence-electron chi connectivity index (χ2n) is 12.6. The molecule has 1 heterocycles. The van der Waals surface area contributed by atoms with E-state index in [1.165, 1.54) is 44.9 Å². The Labute approximate surface area is 281 Å². The van der Waals surface area contributed by atoms with Gasteiger partial charge in [0, 0.05) is 12.8 Å². The summed E-state index contributed by atoms with van der Waals surface area (Å²) in [6.45, 7) is 6.27. The third-order valence-electron chi connectivity index (χ3n) is 8.28. The molecule has 46 heavy (non-hydrogen) atoms. The van der Waals surface area contributed by atoms with Crippen LogP contribution in [0.4, 0.5) is 0 Å². The number of ether oxygens (including phenoxy) is 3. The Hall–Kier alpha value is -2.44. The van der Waals surface area contributed by atoms with Crippen LogP contribution in [0.5, 0.6) is 0 Å². The van der Waals surface area contributed by atoms with Gasteiger partial charge in [0.05, 0.1) is 18.8 Å². The molecule has 0 aliphatic carbocycles. The van der Waals surface area contributed by atoms with Crippen molar-refractivity contribution in [3.63, 3.8) is 0 Å². The summed E-state index contributed by atoms with van der Waals surface area (Å²) in [7, 11) is 0. The van der Waals surface area contributed by atoms with Crippen LogP contribution < -0.4 is 0 Å². The van der Waals surface area contributed by atoms with Gasteiger partial charge in [-0.1, -0.05) is 139 Å². The maximum atomic E-state index is 12.1. The van der Waals surface area contributed by atoms with Crippen molar-refractivity contribution >= 4 is 11.9 Å². The molecule has 0 aromatic heterocycles. The standard InChI is InChI=1S/C40H66O6/c1-4-6-23-29-37-38(46-37)30-25-20-16-11-9-7-8-10-12-18-22-27-32-40(43)45-36(33-41)34-44-39(42)31-26-21-17-14-13-15-19-24-28-35(3)5-2/h6,8-11,18,20,22-23,25,35-38,41H,4-5,7,12-17,19,21,24,26-34H2,1-3H3/b10-8-,11-9-,22-18-,23-6-,25-20-/t35?,36-,37?,38?/m0/s1. The van der Waals surface area contributed by atoms with Gasteiger partial charge >= 0.3 is 11.9 Å². The fraction of sp³-hybridized carbons (Fsp3) is 0.700. The Morgan fingerprint density at radius 2 is 1.24 bits per heavy atom. The van der Waals surface area contributed by atoms with Crippen molar-refractivity contribution in [2.75, 3.05) is 13.2 Å².